The van der Waals surface area contributed by atoms with Gasteiger partial charge in [0.25, 0.3) is 0 Å². The van der Waals surface area contributed by atoms with E-state index in [0.717, 1.165) is 43.0 Å². The topological polar surface area (TPSA) is 21.3 Å². The number of halogens is 1. The van der Waals surface area contributed by atoms with Crippen LogP contribution in [-0.2, 0) is 0 Å². The van der Waals surface area contributed by atoms with Gasteiger partial charge >= 0.3 is 0 Å². The van der Waals surface area contributed by atoms with E-state index in [9.17, 15) is 4.39 Å². The molecule has 0 heterocycles. The Balaban J connectivity index is 2.10. The number of benzene rings is 1. The molecule has 3 atom stereocenters. The van der Waals surface area contributed by atoms with E-state index in [1.54, 1.807) is 12.1 Å². The van der Waals surface area contributed by atoms with Crippen molar-refractivity contribution in [3.63, 3.8) is 0 Å². The van der Waals surface area contributed by atoms with Gasteiger partial charge in [-0.25, -0.2) is 4.39 Å². The second-order valence-electron chi connectivity index (χ2n) is 6.37. The van der Waals surface area contributed by atoms with Crippen LogP contribution >= 0.6 is 0 Å². The van der Waals surface area contributed by atoms with Crippen molar-refractivity contribution >= 4 is 0 Å². The first kappa shape index (κ1) is 16.3. The fraction of sp³-hybridized carbons (Fsp3) is 0.667. The largest absolute Gasteiger partial charge is 0.490 e. The molecule has 1 aromatic carbocycles. The van der Waals surface area contributed by atoms with Crippen molar-refractivity contribution in [1.82, 2.24) is 5.32 Å². The molecule has 0 amide bonds. The lowest BCUT2D eigenvalue weighted by molar-refractivity contribution is 0.127. The summed E-state index contributed by atoms with van der Waals surface area (Å²) < 4.78 is 19.8. The highest BCUT2D eigenvalue weighted by Crippen LogP contribution is 2.31. The molecule has 1 aliphatic carbocycles. The molecule has 2 nitrogen and oxygen atoms in total. The molecule has 1 aliphatic rings. The zero-order chi connectivity index (χ0) is 15.2. The Morgan fingerprint density at radius 3 is 2.90 bits per heavy atom. The van der Waals surface area contributed by atoms with E-state index in [2.05, 4.69) is 26.1 Å². The number of hydrogen-bond acceptors (Lipinski definition) is 2. The van der Waals surface area contributed by atoms with E-state index in [1.807, 2.05) is 0 Å². The van der Waals surface area contributed by atoms with Crippen molar-refractivity contribution < 1.29 is 9.13 Å². The van der Waals surface area contributed by atoms with Crippen LogP contribution < -0.4 is 10.1 Å². The minimum Gasteiger partial charge on any atom is -0.490 e. The molecule has 0 aliphatic heterocycles. The number of nitrogens with one attached hydrogen (secondary N) is 1. The molecule has 1 saturated carbocycles. The van der Waals surface area contributed by atoms with E-state index in [4.69, 9.17) is 4.74 Å². The van der Waals surface area contributed by atoms with Crippen LogP contribution in [0.2, 0.25) is 0 Å². The summed E-state index contributed by atoms with van der Waals surface area (Å²) in [5.41, 5.74) is 0.932. The monoisotopic (exact) mass is 293 g/mol. The predicted octanol–water partition coefficient (Wildman–Crippen LogP) is 4.84. The number of hydrogen-bond donors (Lipinski definition) is 1. The van der Waals surface area contributed by atoms with Gasteiger partial charge in [0.1, 0.15) is 11.6 Å². The summed E-state index contributed by atoms with van der Waals surface area (Å²) in [6.45, 7) is 7.41. The summed E-state index contributed by atoms with van der Waals surface area (Å²) in [6.07, 6.45) is 6.08. The number of rotatable bonds is 6. The maximum atomic E-state index is 13.6. The van der Waals surface area contributed by atoms with Crippen molar-refractivity contribution in [2.75, 3.05) is 6.54 Å². The smallest absolute Gasteiger partial charge is 0.124 e. The van der Waals surface area contributed by atoms with Gasteiger partial charge in [-0.3, -0.25) is 0 Å². The Kier molecular flexibility index (Phi) is 6.04. The van der Waals surface area contributed by atoms with E-state index in [1.165, 1.54) is 18.9 Å². The lowest BCUT2D eigenvalue weighted by Crippen LogP contribution is -2.26. The van der Waals surface area contributed by atoms with E-state index < -0.39 is 0 Å². The molecule has 2 rings (SSSR count). The Hall–Kier alpha value is -1.09. The van der Waals surface area contributed by atoms with Gasteiger partial charge in [0, 0.05) is 11.6 Å². The van der Waals surface area contributed by atoms with Crippen molar-refractivity contribution in [3.05, 3.63) is 29.6 Å². The molecule has 0 aromatic heterocycles. The molecule has 3 heteroatoms. The van der Waals surface area contributed by atoms with Gasteiger partial charge in [-0.05, 0) is 63.3 Å². The molecule has 1 fully saturated rings. The predicted molar refractivity (Wildman–Crippen MR) is 85.2 cm³/mol. The van der Waals surface area contributed by atoms with Gasteiger partial charge in [0.05, 0.1) is 6.10 Å². The van der Waals surface area contributed by atoms with Crippen LogP contribution in [0.15, 0.2) is 18.2 Å². The summed E-state index contributed by atoms with van der Waals surface area (Å²) in [5, 5.41) is 3.42. The molecule has 0 spiro atoms. The molecule has 0 saturated heterocycles. The average Bonchev–Trinajstić information content (AvgIpc) is 2.46. The fourth-order valence-electron chi connectivity index (χ4n) is 3.10. The molecule has 0 bridgehead atoms. The second-order valence-corrected chi connectivity index (χ2v) is 6.37. The third-order valence-corrected chi connectivity index (χ3v) is 4.32. The quantitative estimate of drug-likeness (QED) is 0.810. The van der Waals surface area contributed by atoms with Gasteiger partial charge in [-0.1, -0.05) is 20.3 Å². The molecule has 1 N–H and O–H groups in total. The van der Waals surface area contributed by atoms with E-state index in [-0.39, 0.29) is 18.0 Å². The van der Waals surface area contributed by atoms with Crippen molar-refractivity contribution in [1.29, 1.82) is 0 Å². The minimum atomic E-state index is -0.195. The summed E-state index contributed by atoms with van der Waals surface area (Å²) in [6, 6.07) is 5.00. The zero-order valence-corrected chi connectivity index (χ0v) is 13.5. The second kappa shape index (κ2) is 7.79. The number of ether oxygens (including phenoxy) is 1. The lowest BCUT2D eigenvalue weighted by atomic mass is 9.88. The molecular weight excluding hydrogens is 265 g/mol. The summed E-state index contributed by atoms with van der Waals surface area (Å²) >= 11 is 0. The molecular formula is C18H28FNO. The van der Waals surface area contributed by atoms with E-state index >= 15 is 0 Å². The lowest BCUT2D eigenvalue weighted by Gasteiger charge is -2.29. The first-order valence-corrected chi connectivity index (χ1v) is 8.29. The average molecular weight is 293 g/mol. The highest BCUT2D eigenvalue weighted by molar-refractivity contribution is 5.36. The van der Waals surface area contributed by atoms with Crippen LogP contribution in [0.3, 0.4) is 0 Å². The Morgan fingerprint density at radius 2 is 2.19 bits per heavy atom. The first-order chi connectivity index (χ1) is 10.1. The van der Waals surface area contributed by atoms with Crippen molar-refractivity contribution in [3.8, 4) is 5.75 Å². The van der Waals surface area contributed by atoms with Crippen LogP contribution in [0.5, 0.6) is 5.75 Å². The third-order valence-electron chi connectivity index (χ3n) is 4.32. The van der Waals surface area contributed by atoms with Crippen molar-refractivity contribution in [2.45, 2.75) is 65.0 Å². The summed E-state index contributed by atoms with van der Waals surface area (Å²) in [7, 11) is 0. The van der Waals surface area contributed by atoms with E-state index in [0.29, 0.717) is 0 Å². The SMILES string of the molecule is CCCNC(C)c1cc(F)ccc1OC1CCCC(C)C1. The van der Waals surface area contributed by atoms with Crippen LogP contribution in [-0.4, -0.2) is 12.6 Å². The molecule has 118 valence electrons. The van der Waals surface area contributed by atoms with Gasteiger partial charge in [-0.15, -0.1) is 0 Å². The van der Waals surface area contributed by atoms with Crippen LogP contribution in [0.4, 0.5) is 4.39 Å². The van der Waals surface area contributed by atoms with Gasteiger partial charge < -0.3 is 10.1 Å². The minimum absolute atomic E-state index is 0.108. The highest BCUT2D eigenvalue weighted by atomic mass is 19.1. The maximum absolute atomic E-state index is 13.6. The summed E-state index contributed by atoms with van der Waals surface area (Å²) in [4.78, 5) is 0. The molecule has 0 radical (unpaired) electrons. The summed E-state index contributed by atoms with van der Waals surface area (Å²) in [5.74, 6) is 1.37. The third kappa shape index (κ3) is 4.70. The standard InChI is InChI=1S/C18H28FNO/c1-4-10-20-14(3)17-12-15(19)8-9-18(17)21-16-7-5-6-13(2)11-16/h8-9,12-14,16,20H,4-7,10-11H2,1-3H3. The highest BCUT2D eigenvalue weighted by Gasteiger charge is 2.22. The van der Waals surface area contributed by atoms with Gasteiger partial charge in [0.2, 0.25) is 0 Å². The Labute approximate surface area is 128 Å². The van der Waals surface area contributed by atoms with Gasteiger partial charge in [-0.2, -0.15) is 0 Å². The van der Waals surface area contributed by atoms with Crippen molar-refractivity contribution in [2.24, 2.45) is 5.92 Å². The zero-order valence-electron chi connectivity index (χ0n) is 13.5. The van der Waals surface area contributed by atoms with Crippen LogP contribution in [0.1, 0.15) is 64.5 Å². The fourth-order valence-corrected chi connectivity index (χ4v) is 3.10. The van der Waals surface area contributed by atoms with Crippen LogP contribution in [0, 0.1) is 11.7 Å². The van der Waals surface area contributed by atoms with Crippen LogP contribution in [0.25, 0.3) is 0 Å². The Bertz CT molecular complexity index is 449. The molecule has 1 aromatic rings. The maximum Gasteiger partial charge on any atom is 0.124 e. The molecule has 21 heavy (non-hydrogen) atoms. The molecule has 3 unspecified atom stereocenters. The first-order valence-electron chi connectivity index (χ1n) is 8.29. The normalized spacial score (nSPS) is 23.8. The van der Waals surface area contributed by atoms with Gasteiger partial charge in [0.15, 0.2) is 0 Å². The Morgan fingerprint density at radius 1 is 1.38 bits per heavy atom.